The minimum absolute atomic E-state index is 0.0131. The third kappa shape index (κ3) is 4.71. The van der Waals surface area contributed by atoms with E-state index in [1.807, 2.05) is 5.43 Å². The zero-order valence-electron chi connectivity index (χ0n) is 17.2. The zero-order chi connectivity index (χ0) is 25.3. The van der Waals surface area contributed by atoms with E-state index < -0.39 is 46.6 Å². The highest BCUT2D eigenvalue weighted by Gasteiger charge is 2.19. The summed E-state index contributed by atoms with van der Waals surface area (Å²) in [7, 11) is 0. The Kier molecular flexibility index (Phi) is 6.28. The van der Waals surface area contributed by atoms with Crippen LogP contribution in [0.15, 0.2) is 59.8 Å². The fourth-order valence-electron chi connectivity index (χ4n) is 3.08. The van der Waals surface area contributed by atoms with Crippen molar-refractivity contribution in [2.45, 2.75) is 0 Å². The molecule has 0 amide bonds. The van der Waals surface area contributed by atoms with Gasteiger partial charge in [-0.25, -0.2) is 35.8 Å². The van der Waals surface area contributed by atoms with Crippen LogP contribution in [0.2, 0.25) is 0 Å². The van der Waals surface area contributed by atoms with Crippen molar-refractivity contribution in [3.05, 3.63) is 101 Å². The zero-order valence-corrected chi connectivity index (χ0v) is 17.2. The van der Waals surface area contributed by atoms with Crippen molar-refractivity contribution in [1.82, 2.24) is 9.78 Å². The molecule has 6 nitrogen and oxygen atoms in total. The molecule has 0 spiro atoms. The summed E-state index contributed by atoms with van der Waals surface area (Å²) in [6, 6.07) is 8.50. The first-order chi connectivity index (χ1) is 16.7. The summed E-state index contributed by atoms with van der Waals surface area (Å²) in [5, 5.41) is 16.9. The third-order valence-electron chi connectivity index (χ3n) is 4.81. The van der Waals surface area contributed by atoms with Gasteiger partial charge in [0.05, 0.1) is 17.5 Å². The summed E-state index contributed by atoms with van der Waals surface area (Å²) in [4.78, 5) is 11.1. The maximum absolute atomic E-state index is 13.9. The molecule has 12 heteroatoms. The molecule has 0 aliphatic carbocycles. The van der Waals surface area contributed by atoms with Gasteiger partial charge in [0.25, 0.3) is 0 Å². The number of carboxylic acid groups (broad SMARTS) is 1. The van der Waals surface area contributed by atoms with Gasteiger partial charge in [0.15, 0.2) is 34.9 Å². The Morgan fingerprint density at radius 1 is 0.886 bits per heavy atom. The maximum atomic E-state index is 13.9. The number of anilines is 1. The fraction of sp³-hybridized carbons (Fsp3) is 0. The quantitative estimate of drug-likeness (QED) is 0.162. The minimum Gasteiger partial charge on any atom is -0.478 e. The lowest BCUT2D eigenvalue weighted by Crippen LogP contribution is -2.02. The van der Waals surface area contributed by atoms with E-state index in [1.54, 1.807) is 0 Å². The third-order valence-corrected chi connectivity index (χ3v) is 4.81. The summed E-state index contributed by atoms with van der Waals surface area (Å²) < 4.78 is 83.0. The number of carbonyl (C=O) groups is 1. The van der Waals surface area contributed by atoms with Gasteiger partial charge in [0.2, 0.25) is 0 Å². The number of nitrogens with zero attached hydrogens (tertiary/aromatic N) is 3. The van der Waals surface area contributed by atoms with Crippen LogP contribution >= 0.6 is 0 Å². The Labute approximate surface area is 192 Å². The van der Waals surface area contributed by atoms with Gasteiger partial charge in [-0.1, -0.05) is 0 Å². The molecule has 4 rings (SSSR count). The van der Waals surface area contributed by atoms with Crippen LogP contribution in [0.25, 0.3) is 16.9 Å². The number of hydrazone groups is 1. The summed E-state index contributed by atoms with van der Waals surface area (Å²) in [5.41, 5.74) is 1.40. The monoisotopic (exact) mass is 490 g/mol. The second kappa shape index (κ2) is 9.33. The molecule has 0 atom stereocenters. The molecule has 35 heavy (non-hydrogen) atoms. The SMILES string of the molecule is O=C(O)c1ccc(-n2cc(/C=N/Nc3c(F)c(F)cc(F)c3F)c(-c3ccc(F)c(F)c3)n2)cc1. The molecule has 0 radical (unpaired) electrons. The van der Waals surface area contributed by atoms with E-state index >= 15 is 0 Å². The first kappa shape index (κ1) is 23.5. The van der Waals surface area contributed by atoms with Crippen LogP contribution in [-0.4, -0.2) is 27.1 Å². The normalized spacial score (nSPS) is 11.3. The van der Waals surface area contributed by atoms with E-state index in [-0.39, 0.29) is 28.5 Å². The average Bonchev–Trinajstić information content (AvgIpc) is 3.26. The molecular weight excluding hydrogens is 478 g/mol. The number of benzene rings is 3. The first-order valence-corrected chi connectivity index (χ1v) is 9.66. The smallest absolute Gasteiger partial charge is 0.335 e. The molecule has 1 aromatic heterocycles. The fourth-order valence-corrected chi connectivity index (χ4v) is 3.08. The van der Waals surface area contributed by atoms with Gasteiger partial charge < -0.3 is 5.11 Å². The summed E-state index contributed by atoms with van der Waals surface area (Å²) in [6.45, 7) is 0. The maximum Gasteiger partial charge on any atom is 0.335 e. The van der Waals surface area contributed by atoms with E-state index in [0.717, 1.165) is 18.3 Å². The Morgan fingerprint density at radius 2 is 1.54 bits per heavy atom. The predicted octanol–water partition coefficient (Wildman–Crippen LogP) is 5.52. The van der Waals surface area contributed by atoms with E-state index in [9.17, 15) is 31.1 Å². The molecule has 0 saturated carbocycles. The average molecular weight is 490 g/mol. The van der Waals surface area contributed by atoms with Crippen molar-refractivity contribution in [1.29, 1.82) is 0 Å². The first-order valence-electron chi connectivity index (χ1n) is 9.66. The van der Waals surface area contributed by atoms with Crippen LogP contribution in [0.5, 0.6) is 0 Å². The van der Waals surface area contributed by atoms with Crippen LogP contribution in [0.1, 0.15) is 15.9 Å². The molecule has 0 aliphatic rings. The molecule has 0 bridgehead atoms. The molecule has 0 fully saturated rings. The lowest BCUT2D eigenvalue weighted by atomic mass is 10.1. The minimum atomic E-state index is -1.70. The molecular formula is C23H12F6N4O2. The van der Waals surface area contributed by atoms with E-state index in [1.165, 1.54) is 41.2 Å². The van der Waals surface area contributed by atoms with Gasteiger partial charge >= 0.3 is 5.97 Å². The van der Waals surface area contributed by atoms with Crippen LogP contribution in [0.3, 0.4) is 0 Å². The molecule has 2 N–H and O–H groups in total. The molecule has 4 aromatic rings. The lowest BCUT2D eigenvalue weighted by Gasteiger charge is -2.05. The molecule has 3 aromatic carbocycles. The number of nitrogens with one attached hydrogen (secondary N) is 1. The van der Waals surface area contributed by atoms with Crippen LogP contribution in [-0.2, 0) is 0 Å². The predicted molar refractivity (Wildman–Crippen MR) is 113 cm³/mol. The summed E-state index contributed by atoms with van der Waals surface area (Å²) in [6.07, 6.45) is 2.35. The van der Waals surface area contributed by atoms with Crippen molar-refractivity contribution in [3.8, 4) is 16.9 Å². The number of aromatic nitrogens is 2. The van der Waals surface area contributed by atoms with Gasteiger partial charge in [0.1, 0.15) is 11.4 Å². The van der Waals surface area contributed by atoms with E-state index in [2.05, 4.69) is 10.2 Å². The number of carboxylic acids is 1. The van der Waals surface area contributed by atoms with Gasteiger partial charge in [-0.15, -0.1) is 0 Å². The number of hydrogen-bond acceptors (Lipinski definition) is 4. The van der Waals surface area contributed by atoms with E-state index in [4.69, 9.17) is 5.11 Å². The van der Waals surface area contributed by atoms with Gasteiger partial charge in [-0.05, 0) is 42.5 Å². The highest BCUT2D eigenvalue weighted by molar-refractivity contribution is 5.89. The Balaban J connectivity index is 1.75. The van der Waals surface area contributed by atoms with Gasteiger partial charge in [-0.3, -0.25) is 5.43 Å². The largest absolute Gasteiger partial charge is 0.478 e. The van der Waals surface area contributed by atoms with Gasteiger partial charge in [0, 0.05) is 23.4 Å². The number of aromatic carboxylic acids is 1. The van der Waals surface area contributed by atoms with Crippen molar-refractivity contribution >= 4 is 17.9 Å². The van der Waals surface area contributed by atoms with Crippen LogP contribution in [0, 0.1) is 34.9 Å². The van der Waals surface area contributed by atoms with Crippen molar-refractivity contribution < 1.29 is 36.2 Å². The Morgan fingerprint density at radius 3 is 2.14 bits per heavy atom. The number of rotatable bonds is 6. The van der Waals surface area contributed by atoms with Gasteiger partial charge in [-0.2, -0.15) is 10.2 Å². The topological polar surface area (TPSA) is 79.5 Å². The van der Waals surface area contributed by atoms with Crippen LogP contribution < -0.4 is 5.43 Å². The van der Waals surface area contributed by atoms with Crippen molar-refractivity contribution in [2.24, 2.45) is 5.10 Å². The Hall–Kier alpha value is -4.61. The van der Waals surface area contributed by atoms with E-state index in [0.29, 0.717) is 5.69 Å². The molecule has 0 unspecified atom stereocenters. The number of halogens is 6. The molecule has 178 valence electrons. The highest BCUT2D eigenvalue weighted by Crippen LogP contribution is 2.26. The Bertz CT molecular complexity index is 1440. The number of hydrogen-bond donors (Lipinski definition) is 2. The molecule has 1 heterocycles. The van der Waals surface area contributed by atoms with Crippen molar-refractivity contribution in [2.75, 3.05) is 5.43 Å². The van der Waals surface area contributed by atoms with Crippen molar-refractivity contribution in [3.63, 3.8) is 0 Å². The molecule has 0 saturated heterocycles. The summed E-state index contributed by atoms with van der Waals surface area (Å²) in [5.74, 6) is -10.1. The second-order valence-corrected chi connectivity index (χ2v) is 7.07. The lowest BCUT2D eigenvalue weighted by molar-refractivity contribution is 0.0697. The van der Waals surface area contributed by atoms with Crippen LogP contribution in [0.4, 0.5) is 32.0 Å². The standard InChI is InChI=1S/C23H12F6N4O2/c24-15-6-3-12(7-16(15)25)21-13(9-30-31-22-19(28)17(26)8-18(27)20(22)29)10-33(32-21)14-4-1-11(2-5-14)23(34)35/h1-10,31H,(H,34,35)/b30-9+. The molecule has 0 aliphatic heterocycles. The second-order valence-electron chi connectivity index (χ2n) is 7.07. The summed E-state index contributed by atoms with van der Waals surface area (Å²) >= 11 is 0. The highest BCUT2D eigenvalue weighted by atomic mass is 19.2.